The first-order valence-electron chi connectivity index (χ1n) is 7.80. The van der Waals surface area contributed by atoms with Crippen LogP contribution >= 0.6 is 0 Å². The number of ketones is 1. The van der Waals surface area contributed by atoms with E-state index in [-0.39, 0.29) is 5.78 Å². The van der Waals surface area contributed by atoms with Crippen LogP contribution in [0.2, 0.25) is 0 Å². The molecule has 0 spiro atoms. The Bertz CT molecular complexity index is 331. The molecule has 1 aliphatic rings. The van der Waals surface area contributed by atoms with Crippen LogP contribution in [0.25, 0.3) is 0 Å². The number of esters is 1. The van der Waals surface area contributed by atoms with E-state index >= 15 is 0 Å². The quantitative estimate of drug-likeness (QED) is 0.427. The molecule has 0 N–H and O–H groups in total. The minimum atomic E-state index is -1.05. The molecule has 0 amide bonds. The van der Waals surface area contributed by atoms with Crippen LogP contribution in [0, 0.1) is 5.41 Å². The van der Waals surface area contributed by atoms with Crippen molar-refractivity contribution in [2.75, 3.05) is 20.2 Å². The molecule has 0 aliphatic heterocycles. The van der Waals surface area contributed by atoms with Crippen LogP contribution in [0.15, 0.2) is 0 Å². The number of hydrogen-bond acceptors (Lipinski definition) is 4. The first-order chi connectivity index (χ1) is 9.39. The van der Waals surface area contributed by atoms with Gasteiger partial charge in [0.05, 0.1) is 13.2 Å². The molecular formula is C16H29NO3. The van der Waals surface area contributed by atoms with Crippen molar-refractivity contribution in [2.24, 2.45) is 5.41 Å². The first kappa shape index (κ1) is 17.2. The molecular weight excluding hydrogens is 254 g/mol. The molecule has 20 heavy (non-hydrogen) atoms. The first-order valence-corrected chi connectivity index (χ1v) is 7.80. The highest BCUT2D eigenvalue weighted by Crippen LogP contribution is 2.23. The van der Waals surface area contributed by atoms with Crippen LogP contribution in [0.4, 0.5) is 0 Å². The molecule has 0 radical (unpaired) electrons. The zero-order valence-corrected chi connectivity index (χ0v) is 13.4. The number of carbonyl (C=O) groups excluding carboxylic acids is 2. The van der Waals surface area contributed by atoms with E-state index in [0.29, 0.717) is 19.2 Å². The second kappa shape index (κ2) is 7.77. The summed E-state index contributed by atoms with van der Waals surface area (Å²) in [7, 11) is 2.00. The van der Waals surface area contributed by atoms with E-state index in [1.54, 1.807) is 20.8 Å². The van der Waals surface area contributed by atoms with Gasteiger partial charge in [-0.1, -0.05) is 25.7 Å². The van der Waals surface area contributed by atoms with E-state index in [0.717, 1.165) is 12.8 Å². The summed E-state index contributed by atoms with van der Waals surface area (Å²) in [5.41, 5.74) is -1.05. The average Bonchev–Trinajstić information content (AvgIpc) is 2.67. The fourth-order valence-electron chi connectivity index (χ4n) is 2.68. The molecule has 0 heterocycles. The van der Waals surface area contributed by atoms with Crippen LogP contribution in [0.5, 0.6) is 0 Å². The highest BCUT2D eigenvalue weighted by atomic mass is 16.5. The van der Waals surface area contributed by atoms with Gasteiger partial charge in [0.2, 0.25) is 0 Å². The molecule has 4 heteroatoms. The fourth-order valence-corrected chi connectivity index (χ4v) is 2.68. The van der Waals surface area contributed by atoms with Crippen molar-refractivity contribution in [2.45, 2.75) is 65.3 Å². The lowest BCUT2D eigenvalue weighted by Crippen LogP contribution is -2.44. The molecule has 1 saturated carbocycles. The summed E-state index contributed by atoms with van der Waals surface area (Å²) >= 11 is 0. The van der Waals surface area contributed by atoms with E-state index in [1.807, 2.05) is 7.05 Å². The molecule has 4 nitrogen and oxygen atoms in total. The van der Waals surface area contributed by atoms with E-state index in [1.165, 1.54) is 25.7 Å². The zero-order valence-electron chi connectivity index (χ0n) is 13.4. The predicted molar refractivity (Wildman–Crippen MR) is 79.5 cm³/mol. The van der Waals surface area contributed by atoms with E-state index in [2.05, 4.69) is 4.90 Å². The SMILES string of the molecule is CCOC(=O)C(C)(C)C(=O)CN(C)C1CCCCCC1. The number of hydrogen-bond donors (Lipinski definition) is 0. The Morgan fingerprint density at radius 3 is 2.20 bits per heavy atom. The summed E-state index contributed by atoms with van der Waals surface area (Å²) in [6.07, 6.45) is 7.39. The minimum absolute atomic E-state index is 0.0531. The van der Waals surface area contributed by atoms with Crippen LogP contribution in [0.1, 0.15) is 59.3 Å². The summed E-state index contributed by atoms with van der Waals surface area (Å²) in [6, 6.07) is 0.472. The van der Waals surface area contributed by atoms with Gasteiger partial charge in [0, 0.05) is 6.04 Å². The number of Topliss-reactive ketones (excluding diaryl/α,β-unsaturated/α-hetero) is 1. The van der Waals surface area contributed by atoms with Gasteiger partial charge in [-0.2, -0.15) is 0 Å². The summed E-state index contributed by atoms with van der Waals surface area (Å²) in [4.78, 5) is 26.4. The monoisotopic (exact) mass is 283 g/mol. The highest BCUT2D eigenvalue weighted by Gasteiger charge is 2.38. The summed E-state index contributed by atoms with van der Waals surface area (Å²) in [5.74, 6) is -0.470. The Balaban J connectivity index is 2.57. The van der Waals surface area contributed by atoms with Crippen molar-refractivity contribution in [1.82, 2.24) is 4.90 Å². The number of likely N-dealkylation sites (N-methyl/N-ethyl adjacent to an activating group) is 1. The lowest BCUT2D eigenvalue weighted by Gasteiger charge is -2.29. The highest BCUT2D eigenvalue weighted by molar-refractivity contribution is 6.03. The van der Waals surface area contributed by atoms with Crippen molar-refractivity contribution in [3.8, 4) is 0 Å². The predicted octanol–water partition coefficient (Wildman–Crippen LogP) is 2.80. The van der Waals surface area contributed by atoms with Crippen molar-refractivity contribution < 1.29 is 14.3 Å². The summed E-state index contributed by atoms with van der Waals surface area (Å²) in [6.45, 7) is 5.73. The number of rotatable bonds is 6. The van der Waals surface area contributed by atoms with E-state index in [4.69, 9.17) is 4.74 Å². The summed E-state index contributed by atoms with van der Waals surface area (Å²) in [5, 5.41) is 0. The van der Waals surface area contributed by atoms with Gasteiger partial charge in [-0.15, -0.1) is 0 Å². The van der Waals surface area contributed by atoms with Gasteiger partial charge in [-0.05, 0) is 40.7 Å². The van der Waals surface area contributed by atoms with Crippen LogP contribution in [-0.2, 0) is 14.3 Å². The Kier molecular flexibility index (Phi) is 6.66. The maximum absolute atomic E-state index is 12.4. The van der Waals surface area contributed by atoms with Gasteiger partial charge in [-0.3, -0.25) is 14.5 Å². The fraction of sp³-hybridized carbons (Fsp3) is 0.875. The number of ether oxygens (including phenoxy) is 1. The maximum Gasteiger partial charge on any atom is 0.319 e. The maximum atomic E-state index is 12.4. The second-order valence-corrected chi connectivity index (χ2v) is 6.33. The Labute approximate surface area is 122 Å². The Hall–Kier alpha value is -0.900. The topological polar surface area (TPSA) is 46.6 Å². The lowest BCUT2D eigenvalue weighted by atomic mass is 9.87. The molecule has 116 valence electrons. The standard InChI is InChI=1S/C16H29NO3/c1-5-20-15(19)16(2,3)14(18)12-17(4)13-10-8-6-7-9-11-13/h13H,5-12H2,1-4H3. The molecule has 1 rings (SSSR count). The largest absolute Gasteiger partial charge is 0.465 e. The van der Waals surface area contributed by atoms with Gasteiger partial charge in [-0.25, -0.2) is 0 Å². The smallest absolute Gasteiger partial charge is 0.319 e. The third-order valence-electron chi connectivity index (χ3n) is 4.32. The molecule has 1 aliphatic carbocycles. The third-order valence-corrected chi connectivity index (χ3v) is 4.32. The zero-order chi connectivity index (χ0) is 15.2. The summed E-state index contributed by atoms with van der Waals surface area (Å²) < 4.78 is 5.00. The molecule has 0 unspecified atom stereocenters. The Morgan fingerprint density at radius 2 is 1.70 bits per heavy atom. The lowest BCUT2D eigenvalue weighted by molar-refractivity contribution is -0.158. The molecule has 0 aromatic carbocycles. The van der Waals surface area contributed by atoms with Crippen LogP contribution < -0.4 is 0 Å². The minimum Gasteiger partial charge on any atom is -0.465 e. The average molecular weight is 283 g/mol. The second-order valence-electron chi connectivity index (χ2n) is 6.33. The van der Waals surface area contributed by atoms with Crippen LogP contribution in [-0.4, -0.2) is 42.9 Å². The van der Waals surface area contributed by atoms with E-state index in [9.17, 15) is 9.59 Å². The molecule has 1 fully saturated rings. The van der Waals surface area contributed by atoms with Crippen molar-refractivity contribution in [1.29, 1.82) is 0 Å². The molecule has 0 aromatic rings. The van der Waals surface area contributed by atoms with Crippen molar-refractivity contribution in [3.05, 3.63) is 0 Å². The van der Waals surface area contributed by atoms with Crippen molar-refractivity contribution in [3.63, 3.8) is 0 Å². The number of carbonyl (C=O) groups is 2. The molecule has 0 saturated heterocycles. The normalized spacial score (nSPS) is 17.9. The van der Waals surface area contributed by atoms with Crippen molar-refractivity contribution >= 4 is 11.8 Å². The van der Waals surface area contributed by atoms with Gasteiger partial charge in [0.1, 0.15) is 5.41 Å². The van der Waals surface area contributed by atoms with Gasteiger partial charge >= 0.3 is 5.97 Å². The van der Waals surface area contributed by atoms with Crippen LogP contribution in [0.3, 0.4) is 0 Å². The molecule has 0 aromatic heterocycles. The van der Waals surface area contributed by atoms with E-state index < -0.39 is 11.4 Å². The molecule has 0 bridgehead atoms. The third kappa shape index (κ3) is 4.58. The Morgan fingerprint density at radius 1 is 1.15 bits per heavy atom. The van der Waals surface area contributed by atoms with Gasteiger partial charge < -0.3 is 4.74 Å². The van der Waals surface area contributed by atoms with Gasteiger partial charge in [0.25, 0.3) is 0 Å². The number of nitrogens with zero attached hydrogens (tertiary/aromatic N) is 1. The van der Waals surface area contributed by atoms with Gasteiger partial charge in [0.15, 0.2) is 5.78 Å². The molecule has 0 atom stereocenters.